The molecule has 39 heavy (non-hydrogen) atoms. The van der Waals surface area contributed by atoms with Crippen molar-refractivity contribution in [2.24, 2.45) is 0 Å². The van der Waals surface area contributed by atoms with Crippen LogP contribution in [0.2, 0.25) is 0 Å². The molecule has 3 aromatic rings. The largest absolute Gasteiger partial charge is 0.411 e. The number of hydrogen-bond acceptors (Lipinski definition) is 7. The minimum atomic E-state index is -0.746. The van der Waals surface area contributed by atoms with Crippen molar-refractivity contribution in [2.75, 3.05) is 42.7 Å². The third-order valence-electron chi connectivity index (χ3n) is 7.17. The summed E-state index contributed by atoms with van der Waals surface area (Å²) in [5.41, 5.74) is 2.55. The fourth-order valence-corrected chi connectivity index (χ4v) is 9.23. The van der Waals surface area contributed by atoms with E-state index in [0.29, 0.717) is 10.5 Å². The normalized spacial score (nSPS) is 14.4. The fourth-order valence-electron chi connectivity index (χ4n) is 4.85. The van der Waals surface area contributed by atoms with Crippen molar-refractivity contribution >= 4 is 54.6 Å². The molecule has 3 rings (SSSR count). The second-order valence-corrected chi connectivity index (χ2v) is 15.4. The van der Waals surface area contributed by atoms with Gasteiger partial charge in [0.1, 0.15) is 62.4 Å². The summed E-state index contributed by atoms with van der Waals surface area (Å²) in [6, 6.07) is 26.2. The molecule has 0 saturated carbocycles. The Labute approximate surface area is 242 Å². The maximum absolute atomic E-state index is 6.61. The van der Waals surface area contributed by atoms with Crippen LogP contribution in [-0.4, -0.2) is 99.4 Å². The Morgan fingerprint density at radius 1 is 0.462 bits per heavy atom. The zero-order valence-corrected chi connectivity index (χ0v) is 30.4. The fraction of sp³-hybridized carbons (Fsp3) is 0.357. The first-order chi connectivity index (χ1) is 19.0. The van der Waals surface area contributed by atoms with E-state index in [4.69, 9.17) is 32.8 Å². The number of benzene rings is 3. The van der Waals surface area contributed by atoms with Crippen molar-refractivity contribution in [3.8, 4) is 0 Å². The van der Waals surface area contributed by atoms with Crippen LogP contribution in [0.1, 0.15) is 16.7 Å². The van der Waals surface area contributed by atoms with Crippen LogP contribution in [-0.2, 0) is 38.4 Å². The van der Waals surface area contributed by atoms with Gasteiger partial charge in [-0.25, -0.2) is 0 Å². The molecule has 0 amide bonds. The Bertz CT molecular complexity index is 963. The lowest BCUT2D eigenvalue weighted by atomic mass is 9.80. The van der Waals surface area contributed by atoms with Crippen molar-refractivity contribution in [1.29, 1.82) is 0 Å². The first-order valence-corrected chi connectivity index (χ1v) is 18.4. The highest BCUT2D eigenvalue weighted by Gasteiger charge is 2.36. The summed E-state index contributed by atoms with van der Waals surface area (Å²) in [7, 11) is 8.46. The van der Waals surface area contributed by atoms with Gasteiger partial charge in [-0.3, -0.25) is 0 Å². The SMILES string of the molecule is COC(OC)[SiH2]c1ccc(C(O[SiH3])(c2ccc([SiH2]C(OC)OC)cc2)c2ccc([SiH2]C(OC)OC)cc2)cc1. The first-order valence-electron chi connectivity index (χ1n) is 13.0. The monoisotopic (exact) mass is 602 g/mol. The zero-order valence-electron chi connectivity index (χ0n) is 24.1. The van der Waals surface area contributed by atoms with Crippen molar-refractivity contribution < 1.29 is 32.8 Å². The molecule has 0 spiro atoms. The molecule has 3 aromatic carbocycles. The van der Waals surface area contributed by atoms with E-state index in [1.165, 1.54) is 15.6 Å². The molecular weight excluding hydrogens is 561 g/mol. The summed E-state index contributed by atoms with van der Waals surface area (Å²) in [4.78, 5) is 0. The molecule has 7 nitrogen and oxygen atoms in total. The van der Waals surface area contributed by atoms with Crippen molar-refractivity contribution in [3.63, 3.8) is 0 Å². The summed E-state index contributed by atoms with van der Waals surface area (Å²) in [5, 5.41) is 3.81. The lowest BCUT2D eigenvalue weighted by Gasteiger charge is -2.35. The van der Waals surface area contributed by atoms with Gasteiger partial charge in [-0.2, -0.15) is 0 Å². The van der Waals surface area contributed by atoms with Crippen LogP contribution in [0.25, 0.3) is 0 Å². The lowest BCUT2D eigenvalue weighted by Crippen LogP contribution is -2.36. The summed E-state index contributed by atoms with van der Waals surface area (Å²) in [6.45, 7) is 0. The molecule has 0 aromatic heterocycles. The third-order valence-corrected chi connectivity index (χ3v) is 13.6. The van der Waals surface area contributed by atoms with Crippen LogP contribution < -0.4 is 15.6 Å². The van der Waals surface area contributed by atoms with E-state index in [1.54, 1.807) is 42.7 Å². The molecule has 0 atom stereocenters. The highest BCUT2D eigenvalue weighted by molar-refractivity contribution is 6.55. The Morgan fingerprint density at radius 2 is 0.692 bits per heavy atom. The number of rotatable bonds is 16. The van der Waals surface area contributed by atoms with Gasteiger partial charge in [0, 0.05) is 42.7 Å². The van der Waals surface area contributed by atoms with E-state index in [0.717, 1.165) is 16.7 Å². The lowest BCUT2D eigenvalue weighted by molar-refractivity contribution is -0.0430. The van der Waals surface area contributed by atoms with Gasteiger partial charge in [-0.1, -0.05) is 88.4 Å². The molecule has 0 aliphatic heterocycles. The van der Waals surface area contributed by atoms with Crippen molar-refractivity contribution in [1.82, 2.24) is 0 Å². The number of ether oxygens (including phenoxy) is 6. The molecule has 0 unspecified atom stereocenters. The van der Waals surface area contributed by atoms with Crippen LogP contribution in [0, 0.1) is 0 Å². The molecule has 0 heterocycles. The highest BCUT2D eigenvalue weighted by atomic mass is 28.2. The minimum absolute atomic E-state index is 0.144. The summed E-state index contributed by atoms with van der Waals surface area (Å²) in [5.74, 6) is -0.431. The Kier molecular flexibility index (Phi) is 12.9. The van der Waals surface area contributed by atoms with Crippen molar-refractivity contribution in [3.05, 3.63) is 89.5 Å². The maximum Gasteiger partial charge on any atom is 0.148 e. The topological polar surface area (TPSA) is 64.6 Å². The van der Waals surface area contributed by atoms with Crippen LogP contribution in [0.5, 0.6) is 0 Å². The van der Waals surface area contributed by atoms with Crippen molar-refractivity contribution in [2.45, 2.75) is 23.3 Å². The van der Waals surface area contributed by atoms with E-state index >= 15 is 0 Å². The Morgan fingerprint density at radius 3 is 0.872 bits per heavy atom. The van der Waals surface area contributed by atoms with Gasteiger partial charge in [-0.05, 0) is 16.7 Å². The standard InChI is InChI=1S/C28H42O7Si4/c1-29-25(30-2)37-22-13-7-19(8-14-22)28(35-36,20-9-15-23(16-10-20)38-26(31-3)32-4)21-11-17-24(18-12-21)39-27(33-5)34-6/h7-18,25-27H,37-39H2,1-6,36H3. The Balaban J connectivity index is 2.04. The first kappa shape index (κ1) is 31.8. The van der Waals surface area contributed by atoms with E-state index in [2.05, 4.69) is 72.8 Å². The predicted octanol–water partition coefficient (Wildman–Crippen LogP) is -1.61. The molecular formula is C28H42O7Si4. The van der Waals surface area contributed by atoms with E-state index in [-0.39, 0.29) is 17.7 Å². The molecule has 0 radical (unpaired) electrons. The second-order valence-electron chi connectivity index (χ2n) is 9.29. The van der Waals surface area contributed by atoms with Crippen LogP contribution in [0.4, 0.5) is 0 Å². The van der Waals surface area contributed by atoms with Gasteiger partial charge in [-0.15, -0.1) is 0 Å². The molecule has 0 fully saturated rings. The van der Waals surface area contributed by atoms with Gasteiger partial charge >= 0.3 is 0 Å². The summed E-state index contributed by atoms with van der Waals surface area (Å²) < 4.78 is 39.4. The van der Waals surface area contributed by atoms with Crippen LogP contribution in [0.3, 0.4) is 0 Å². The molecule has 11 heteroatoms. The minimum Gasteiger partial charge on any atom is -0.411 e. The molecule has 0 bridgehead atoms. The average molecular weight is 603 g/mol. The van der Waals surface area contributed by atoms with E-state index in [9.17, 15) is 0 Å². The number of methoxy groups -OCH3 is 6. The van der Waals surface area contributed by atoms with Crippen LogP contribution >= 0.6 is 0 Å². The Hall–Kier alpha value is -1.75. The van der Waals surface area contributed by atoms with E-state index < -0.39 is 34.2 Å². The number of hydrogen-bond donors (Lipinski definition) is 0. The van der Waals surface area contributed by atoms with Gasteiger partial charge in [0.15, 0.2) is 0 Å². The maximum atomic E-state index is 6.61. The molecule has 0 aliphatic carbocycles. The van der Waals surface area contributed by atoms with E-state index in [1.807, 2.05) is 0 Å². The molecule has 0 saturated heterocycles. The quantitative estimate of drug-likeness (QED) is 0.111. The smallest absolute Gasteiger partial charge is 0.148 e. The second kappa shape index (κ2) is 15.9. The average Bonchev–Trinajstić information content (AvgIpc) is 3.00. The van der Waals surface area contributed by atoms with Crippen LogP contribution in [0.15, 0.2) is 72.8 Å². The summed E-state index contributed by atoms with van der Waals surface area (Å²) >= 11 is 0. The van der Waals surface area contributed by atoms with Gasteiger partial charge in [0.2, 0.25) is 0 Å². The molecule has 0 aliphatic rings. The molecule has 0 N–H and O–H groups in total. The summed E-state index contributed by atoms with van der Waals surface area (Å²) in [6.07, 6.45) is 0. The zero-order chi connectivity index (χ0) is 28.3. The highest BCUT2D eigenvalue weighted by Crippen LogP contribution is 2.39. The van der Waals surface area contributed by atoms with Gasteiger partial charge < -0.3 is 32.8 Å². The third kappa shape index (κ3) is 7.92. The van der Waals surface area contributed by atoms with Gasteiger partial charge in [0.25, 0.3) is 0 Å². The van der Waals surface area contributed by atoms with Gasteiger partial charge in [0.05, 0.1) is 0 Å². The predicted molar refractivity (Wildman–Crippen MR) is 168 cm³/mol. The molecule has 212 valence electrons.